The second-order valence-corrected chi connectivity index (χ2v) is 10.4. The van der Waals surface area contributed by atoms with Crippen LogP contribution in [-0.2, 0) is 9.53 Å². The Morgan fingerprint density at radius 1 is 0.679 bits per heavy atom. The number of esters is 1. The summed E-state index contributed by atoms with van der Waals surface area (Å²) in [6.45, 7) is 4.38. The Morgan fingerprint density at radius 3 is 1.61 bits per heavy atom. The summed E-state index contributed by atoms with van der Waals surface area (Å²) in [7, 11) is 0. The van der Waals surface area contributed by atoms with Crippen LogP contribution in [0.1, 0.15) is 123 Å². The van der Waals surface area contributed by atoms with Gasteiger partial charge < -0.3 is 4.74 Å². The average molecular weight is 391 g/mol. The van der Waals surface area contributed by atoms with Crippen LogP contribution in [0.5, 0.6) is 0 Å². The zero-order chi connectivity index (χ0) is 19.8. The van der Waals surface area contributed by atoms with E-state index in [1.165, 1.54) is 83.5 Å². The van der Waals surface area contributed by atoms with Gasteiger partial charge in [0.05, 0.1) is 0 Å². The number of unbranched alkanes of at least 4 members (excludes halogenated alkanes) is 1. The highest BCUT2D eigenvalue weighted by molar-refractivity contribution is 5.69. The van der Waals surface area contributed by atoms with Gasteiger partial charge in [0.25, 0.3) is 0 Å². The molecule has 3 aliphatic rings. The van der Waals surface area contributed by atoms with E-state index in [4.69, 9.17) is 4.74 Å². The number of ether oxygens (including phenoxy) is 1. The first kappa shape index (κ1) is 22.2. The Labute approximate surface area is 174 Å². The normalized spacial score (nSPS) is 36.8. The highest BCUT2D eigenvalue weighted by Gasteiger charge is 2.35. The van der Waals surface area contributed by atoms with Crippen molar-refractivity contribution in [2.45, 2.75) is 129 Å². The molecule has 0 amide bonds. The largest absolute Gasteiger partial charge is 0.462 e. The second kappa shape index (κ2) is 11.6. The van der Waals surface area contributed by atoms with E-state index in [-0.39, 0.29) is 12.1 Å². The van der Waals surface area contributed by atoms with E-state index < -0.39 is 0 Å². The Morgan fingerprint density at radius 2 is 1.14 bits per heavy atom. The summed E-state index contributed by atoms with van der Waals surface area (Å²) in [6, 6.07) is 0. The van der Waals surface area contributed by atoms with Crippen LogP contribution in [0.2, 0.25) is 0 Å². The van der Waals surface area contributed by atoms with Crippen molar-refractivity contribution in [2.24, 2.45) is 29.6 Å². The van der Waals surface area contributed by atoms with Crippen molar-refractivity contribution in [3.05, 3.63) is 0 Å². The summed E-state index contributed by atoms with van der Waals surface area (Å²) in [5.41, 5.74) is 0. The minimum absolute atomic E-state index is 0.0240. The molecule has 0 aromatic rings. The van der Waals surface area contributed by atoms with Gasteiger partial charge in [-0.2, -0.15) is 0 Å². The molecule has 2 heteroatoms. The van der Waals surface area contributed by atoms with Gasteiger partial charge in [0.15, 0.2) is 0 Å². The minimum atomic E-state index is 0.0240. The maximum absolute atomic E-state index is 11.7. The summed E-state index contributed by atoms with van der Waals surface area (Å²) < 4.78 is 5.66. The third-order valence-electron chi connectivity index (χ3n) is 8.48. The van der Waals surface area contributed by atoms with Crippen molar-refractivity contribution in [1.82, 2.24) is 0 Å². The lowest BCUT2D eigenvalue weighted by atomic mass is 9.65. The molecule has 0 aromatic carbocycles. The quantitative estimate of drug-likeness (QED) is 0.397. The van der Waals surface area contributed by atoms with Crippen LogP contribution < -0.4 is 0 Å². The fourth-order valence-electron chi connectivity index (χ4n) is 6.66. The molecule has 0 bridgehead atoms. The topological polar surface area (TPSA) is 26.3 Å². The van der Waals surface area contributed by atoms with Crippen LogP contribution in [0, 0.1) is 29.6 Å². The molecule has 0 aromatic heterocycles. The van der Waals surface area contributed by atoms with Crippen molar-refractivity contribution in [3.63, 3.8) is 0 Å². The molecule has 0 heterocycles. The van der Waals surface area contributed by atoms with Crippen LogP contribution in [0.4, 0.5) is 0 Å². The SMILES string of the molecule is CCCCC1CCC(C2CCC(C3CCC(OC(=O)CCC)CC3)CC2)CC1. The van der Waals surface area contributed by atoms with Gasteiger partial charge in [-0.25, -0.2) is 0 Å². The van der Waals surface area contributed by atoms with Crippen molar-refractivity contribution < 1.29 is 9.53 Å². The van der Waals surface area contributed by atoms with E-state index in [1.807, 2.05) is 6.92 Å². The molecule has 2 nitrogen and oxygen atoms in total. The van der Waals surface area contributed by atoms with Crippen molar-refractivity contribution in [3.8, 4) is 0 Å². The van der Waals surface area contributed by atoms with E-state index in [1.54, 1.807) is 0 Å². The fraction of sp³-hybridized carbons (Fsp3) is 0.962. The third kappa shape index (κ3) is 6.49. The predicted octanol–water partition coefficient (Wildman–Crippen LogP) is 7.69. The van der Waals surface area contributed by atoms with Gasteiger partial charge in [-0.15, -0.1) is 0 Å². The molecule has 0 radical (unpaired) electrons. The van der Waals surface area contributed by atoms with E-state index in [9.17, 15) is 4.79 Å². The summed E-state index contributed by atoms with van der Waals surface area (Å²) in [6.07, 6.45) is 22.9. The molecular weight excluding hydrogens is 344 g/mol. The molecule has 3 rings (SSSR count). The molecule has 0 spiro atoms. The van der Waals surface area contributed by atoms with Crippen LogP contribution in [0.25, 0.3) is 0 Å². The van der Waals surface area contributed by atoms with Crippen LogP contribution in [0.3, 0.4) is 0 Å². The first-order valence-corrected chi connectivity index (χ1v) is 12.9. The number of hydrogen-bond acceptors (Lipinski definition) is 2. The van der Waals surface area contributed by atoms with E-state index in [0.29, 0.717) is 6.42 Å². The van der Waals surface area contributed by atoms with Gasteiger partial charge in [0, 0.05) is 6.42 Å². The van der Waals surface area contributed by atoms with E-state index in [0.717, 1.165) is 48.9 Å². The van der Waals surface area contributed by atoms with Crippen LogP contribution in [-0.4, -0.2) is 12.1 Å². The predicted molar refractivity (Wildman–Crippen MR) is 117 cm³/mol. The highest BCUT2D eigenvalue weighted by Crippen LogP contribution is 2.46. The van der Waals surface area contributed by atoms with Gasteiger partial charge in [-0.05, 0) is 100 Å². The van der Waals surface area contributed by atoms with Gasteiger partial charge in [0.2, 0.25) is 0 Å². The highest BCUT2D eigenvalue weighted by atomic mass is 16.5. The molecule has 162 valence electrons. The Bertz CT molecular complexity index is 435. The zero-order valence-corrected chi connectivity index (χ0v) is 18.8. The Balaban J connectivity index is 1.32. The summed E-state index contributed by atoms with van der Waals surface area (Å²) >= 11 is 0. The first-order valence-electron chi connectivity index (χ1n) is 12.9. The molecule has 0 aliphatic heterocycles. The maximum Gasteiger partial charge on any atom is 0.306 e. The maximum atomic E-state index is 11.7. The molecule has 3 aliphatic carbocycles. The lowest BCUT2D eigenvalue weighted by Crippen LogP contribution is -2.31. The standard InChI is InChI=1S/C26H46O2/c1-3-5-7-20-8-10-21(11-9-20)22-12-14-23(15-13-22)24-16-18-25(19-17-24)28-26(27)6-4-2/h20-25H,3-19H2,1-2H3. The zero-order valence-electron chi connectivity index (χ0n) is 18.8. The van der Waals surface area contributed by atoms with Crippen LogP contribution in [0.15, 0.2) is 0 Å². The van der Waals surface area contributed by atoms with Crippen molar-refractivity contribution >= 4 is 5.97 Å². The van der Waals surface area contributed by atoms with E-state index >= 15 is 0 Å². The van der Waals surface area contributed by atoms with Gasteiger partial charge in [-0.1, -0.05) is 46.0 Å². The summed E-state index contributed by atoms with van der Waals surface area (Å²) in [4.78, 5) is 11.7. The van der Waals surface area contributed by atoms with Crippen LogP contribution >= 0.6 is 0 Å². The number of hydrogen-bond donors (Lipinski definition) is 0. The summed E-state index contributed by atoms with van der Waals surface area (Å²) in [5, 5.41) is 0. The molecule has 0 unspecified atom stereocenters. The van der Waals surface area contributed by atoms with E-state index in [2.05, 4.69) is 6.92 Å². The van der Waals surface area contributed by atoms with Crippen molar-refractivity contribution in [1.29, 1.82) is 0 Å². The monoisotopic (exact) mass is 390 g/mol. The minimum Gasteiger partial charge on any atom is -0.462 e. The lowest BCUT2D eigenvalue weighted by molar-refractivity contribution is -0.151. The molecule has 28 heavy (non-hydrogen) atoms. The Kier molecular flexibility index (Phi) is 9.18. The molecule has 3 fully saturated rings. The number of rotatable bonds is 8. The molecule has 0 N–H and O–H groups in total. The first-order chi connectivity index (χ1) is 13.7. The lowest BCUT2D eigenvalue weighted by Gasteiger charge is -2.41. The number of carbonyl (C=O) groups excluding carboxylic acids is 1. The smallest absolute Gasteiger partial charge is 0.306 e. The number of carbonyl (C=O) groups is 1. The second-order valence-electron chi connectivity index (χ2n) is 10.4. The average Bonchev–Trinajstić information content (AvgIpc) is 2.73. The van der Waals surface area contributed by atoms with Gasteiger partial charge in [-0.3, -0.25) is 4.79 Å². The summed E-state index contributed by atoms with van der Waals surface area (Å²) in [5.74, 6) is 5.03. The van der Waals surface area contributed by atoms with Gasteiger partial charge in [0.1, 0.15) is 6.10 Å². The molecular formula is C26H46O2. The fourth-order valence-corrected chi connectivity index (χ4v) is 6.66. The van der Waals surface area contributed by atoms with Crippen molar-refractivity contribution in [2.75, 3.05) is 0 Å². The molecule has 0 saturated heterocycles. The third-order valence-corrected chi connectivity index (χ3v) is 8.48. The molecule has 0 atom stereocenters. The van der Waals surface area contributed by atoms with Gasteiger partial charge >= 0.3 is 5.97 Å². The molecule has 3 saturated carbocycles. The Hall–Kier alpha value is -0.530.